The highest BCUT2D eigenvalue weighted by atomic mass is 32.3. The van der Waals surface area contributed by atoms with Crippen LogP contribution in [0.1, 0.15) is 38.2 Å². The lowest BCUT2D eigenvalue weighted by Gasteiger charge is -2.39. The van der Waals surface area contributed by atoms with E-state index in [1.165, 1.54) is 19.3 Å². The first-order valence-electron chi connectivity index (χ1n) is 9.28. The van der Waals surface area contributed by atoms with Crippen LogP contribution in [0.25, 0.3) is 0 Å². The van der Waals surface area contributed by atoms with Gasteiger partial charge in [-0.1, -0.05) is 38.3 Å². The Morgan fingerprint density at radius 3 is 2.29 bits per heavy atom. The molecule has 0 spiro atoms. The van der Waals surface area contributed by atoms with Gasteiger partial charge in [-0.05, 0) is 30.5 Å². The summed E-state index contributed by atoms with van der Waals surface area (Å²) in [6, 6.07) is 7.18. The Balaban J connectivity index is 1.95. The summed E-state index contributed by atoms with van der Waals surface area (Å²) in [5.41, 5.74) is 1.14. The zero-order chi connectivity index (χ0) is 20.7. The van der Waals surface area contributed by atoms with Crippen LogP contribution >= 0.6 is 0 Å². The Bertz CT molecular complexity index is 692. The maximum Gasteiger partial charge on any atom is 0.397 e. The predicted octanol–water partition coefficient (Wildman–Crippen LogP) is 0.815. The van der Waals surface area contributed by atoms with E-state index in [2.05, 4.69) is 11.1 Å². The van der Waals surface area contributed by atoms with Gasteiger partial charge in [0.1, 0.15) is 30.2 Å². The van der Waals surface area contributed by atoms with Crippen molar-refractivity contribution in [2.45, 2.75) is 69.7 Å². The summed E-state index contributed by atoms with van der Waals surface area (Å²) in [5.74, 6) is 0.374. The van der Waals surface area contributed by atoms with Gasteiger partial charge in [0, 0.05) is 0 Å². The molecular weight excluding hydrogens is 392 g/mol. The van der Waals surface area contributed by atoms with Gasteiger partial charge in [-0.2, -0.15) is 8.42 Å². The zero-order valence-electron chi connectivity index (χ0n) is 15.7. The third-order valence-corrected chi connectivity index (χ3v) is 4.98. The number of hydrogen-bond donors (Lipinski definition) is 4. The molecule has 0 radical (unpaired) electrons. The standard InChI is InChI=1S/C18H28O9S/c1-2-3-4-5-6-12-7-9-13(10-8-12)26-18-17(21)16(20)15(19)14(27-18)11-25-28(22,23)24/h7-10,14-21H,2-6,11H2,1H3,(H,22,23,24)/t14-,15-,16+,17-,18+/m1/s1. The van der Waals surface area contributed by atoms with E-state index in [9.17, 15) is 23.7 Å². The third-order valence-electron chi connectivity index (χ3n) is 4.54. The summed E-state index contributed by atoms with van der Waals surface area (Å²) >= 11 is 0. The van der Waals surface area contributed by atoms with Crippen LogP contribution in [0.2, 0.25) is 0 Å². The molecule has 1 aromatic carbocycles. The fourth-order valence-electron chi connectivity index (χ4n) is 2.93. The van der Waals surface area contributed by atoms with Crippen LogP contribution in [0, 0.1) is 0 Å². The third kappa shape index (κ3) is 6.96. The van der Waals surface area contributed by atoms with Crippen molar-refractivity contribution in [3.05, 3.63) is 29.8 Å². The van der Waals surface area contributed by atoms with Gasteiger partial charge in [0.25, 0.3) is 0 Å². The molecule has 0 aromatic heterocycles. The molecule has 28 heavy (non-hydrogen) atoms. The van der Waals surface area contributed by atoms with Crippen LogP contribution in [0.3, 0.4) is 0 Å². The molecular formula is C18H28O9S. The highest BCUT2D eigenvalue weighted by molar-refractivity contribution is 7.80. The van der Waals surface area contributed by atoms with E-state index in [0.717, 1.165) is 18.4 Å². The number of hydrogen-bond acceptors (Lipinski definition) is 8. The van der Waals surface area contributed by atoms with E-state index in [-0.39, 0.29) is 0 Å². The van der Waals surface area contributed by atoms with Crippen molar-refractivity contribution in [1.82, 2.24) is 0 Å². The van der Waals surface area contributed by atoms with Crippen molar-refractivity contribution >= 4 is 10.4 Å². The fourth-order valence-corrected chi connectivity index (χ4v) is 3.24. The van der Waals surface area contributed by atoms with Crippen molar-refractivity contribution in [3.8, 4) is 5.75 Å². The number of aryl methyl sites for hydroxylation is 1. The van der Waals surface area contributed by atoms with Crippen molar-refractivity contribution in [2.24, 2.45) is 0 Å². The Labute approximate surface area is 164 Å². The Kier molecular flexibility index (Phi) is 8.62. The first-order valence-corrected chi connectivity index (χ1v) is 10.6. The van der Waals surface area contributed by atoms with Gasteiger partial charge >= 0.3 is 10.4 Å². The highest BCUT2D eigenvalue weighted by Gasteiger charge is 2.45. The molecule has 0 saturated carbocycles. The molecule has 0 aliphatic carbocycles. The van der Waals surface area contributed by atoms with Crippen molar-refractivity contribution in [1.29, 1.82) is 0 Å². The molecule has 4 N–H and O–H groups in total. The summed E-state index contributed by atoms with van der Waals surface area (Å²) < 4.78 is 45.1. The van der Waals surface area contributed by atoms with Crippen LogP contribution in [0.4, 0.5) is 0 Å². The minimum absolute atomic E-state index is 0.374. The van der Waals surface area contributed by atoms with Gasteiger partial charge < -0.3 is 24.8 Å². The number of rotatable bonds is 10. The SMILES string of the molecule is CCCCCCc1ccc(O[C@H]2O[C@H](COS(=O)(=O)O)[C@@H](O)[C@H](O)[C@H]2O)cc1. The average molecular weight is 420 g/mol. The van der Waals surface area contributed by atoms with Crippen molar-refractivity contribution in [2.75, 3.05) is 6.61 Å². The zero-order valence-corrected chi connectivity index (χ0v) is 16.5. The molecule has 1 fully saturated rings. The van der Waals surface area contributed by atoms with Gasteiger partial charge in [-0.25, -0.2) is 4.18 Å². The normalized spacial score (nSPS) is 28.2. The predicted molar refractivity (Wildman–Crippen MR) is 99.1 cm³/mol. The van der Waals surface area contributed by atoms with Gasteiger partial charge in [-0.15, -0.1) is 0 Å². The monoisotopic (exact) mass is 420 g/mol. The second kappa shape index (κ2) is 10.5. The smallest absolute Gasteiger partial charge is 0.397 e. The summed E-state index contributed by atoms with van der Waals surface area (Å²) in [6.07, 6.45) is -1.93. The van der Waals surface area contributed by atoms with Gasteiger partial charge in [0.2, 0.25) is 6.29 Å². The van der Waals surface area contributed by atoms with Crippen LogP contribution in [-0.2, 0) is 25.7 Å². The highest BCUT2D eigenvalue weighted by Crippen LogP contribution is 2.25. The average Bonchev–Trinajstić information content (AvgIpc) is 2.65. The second-order valence-corrected chi connectivity index (χ2v) is 7.89. The molecule has 1 saturated heterocycles. The van der Waals surface area contributed by atoms with E-state index in [1.54, 1.807) is 12.1 Å². The van der Waals surface area contributed by atoms with Gasteiger partial charge in [0.05, 0.1) is 6.61 Å². The van der Waals surface area contributed by atoms with E-state index >= 15 is 0 Å². The minimum atomic E-state index is -4.75. The van der Waals surface area contributed by atoms with E-state index in [0.29, 0.717) is 5.75 Å². The fraction of sp³-hybridized carbons (Fsp3) is 0.667. The lowest BCUT2D eigenvalue weighted by Crippen LogP contribution is -2.60. The molecule has 1 aromatic rings. The Morgan fingerprint density at radius 2 is 1.68 bits per heavy atom. The molecule has 1 heterocycles. The molecule has 9 nitrogen and oxygen atoms in total. The van der Waals surface area contributed by atoms with Crippen molar-refractivity contribution < 1.29 is 41.9 Å². The van der Waals surface area contributed by atoms with E-state index in [4.69, 9.17) is 14.0 Å². The molecule has 0 bridgehead atoms. The topological polar surface area (TPSA) is 143 Å². The molecule has 0 amide bonds. The van der Waals surface area contributed by atoms with Gasteiger partial charge in [-0.3, -0.25) is 4.55 Å². The summed E-state index contributed by atoms with van der Waals surface area (Å²) in [7, 11) is -4.75. The van der Waals surface area contributed by atoms with Crippen LogP contribution in [-0.4, -0.2) is 65.6 Å². The number of unbranched alkanes of at least 4 members (excludes halogenated alkanes) is 3. The lowest BCUT2D eigenvalue weighted by atomic mass is 9.99. The maximum atomic E-state index is 10.7. The number of aliphatic hydroxyl groups excluding tert-OH is 3. The Hall–Kier alpha value is -1.27. The summed E-state index contributed by atoms with van der Waals surface area (Å²) in [4.78, 5) is 0. The molecule has 2 rings (SSSR count). The van der Waals surface area contributed by atoms with Crippen molar-refractivity contribution in [3.63, 3.8) is 0 Å². The largest absolute Gasteiger partial charge is 0.462 e. The summed E-state index contributed by atoms with van der Waals surface area (Å²) in [5, 5.41) is 29.9. The minimum Gasteiger partial charge on any atom is -0.462 e. The van der Waals surface area contributed by atoms with Crippen LogP contribution in [0.15, 0.2) is 24.3 Å². The first kappa shape index (κ1) is 23.0. The van der Waals surface area contributed by atoms with Crippen LogP contribution < -0.4 is 4.74 Å². The number of benzene rings is 1. The first-order chi connectivity index (χ1) is 13.2. The number of aliphatic hydroxyl groups is 3. The lowest BCUT2D eigenvalue weighted by molar-refractivity contribution is -0.276. The van der Waals surface area contributed by atoms with Gasteiger partial charge in [0.15, 0.2) is 0 Å². The molecule has 0 unspecified atom stereocenters. The summed E-state index contributed by atoms with van der Waals surface area (Å²) in [6.45, 7) is 1.41. The maximum absolute atomic E-state index is 10.7. The Morgan fingerprint density at radius 1 is 1.00 bits per heavy atom. The van der Waals surface area contributed by atoms with Crippen LogP contribution in [0.5, 0.6) is 5.75 Å². The molecule has 1 aliphatic heterocycles. The quantitative estimate of drug-likeness (QED) is 0.319. The van der Waals surface area contributed by atoms with E-state index in [1.807, 2.05) is 12.1 Å². The molecule has 10 heteroatoms. The molecule has 160 valence electrons. The number of ether oxygens (including phenoxy) is 2. The van der Waals surface area contributed by atoms with E-state index < -0.39 is 47.7 Å². The molecule has 5 atom stereocenters. The second-order valence-electron chi connectivity index (χ2n) is 6.80. The molecule has 1 aliphatic rings.